The predicted octanol–water partition coefficient (Wildman–Crippen LogP) is 5.24. The van der Waals surface area contributed by atoms with Crippen molar-refractivity contribution in [1.29, 1.82) is 0 Å². The molecule has 1 aromatic carbocycles. The molecule has 2 atom stereocenters. The Kier molecular flexibility index (Phi) is 3.90. The van der Waals surface area contributed by atoms with Gasteiger partial charge < -0.3 is 14.7 Å². The van der Waals surface area contributed by atoms with Crippen LogP contribution in [0.5, 0.6) is 5.75 Å². The van der Waals surface area contributed by atoms with E-state index in [-0.39, 0.29) is 5.56 Å². The number of nitrogens with one attached hydrogen (secondary N) is 2. The molecule has 0 spiro atoms. The molecule has 138 valence electrons. The molecule has 2 aliphatic carbocycles. The minimum atomic E-state index is -0.0861. The van der Waals surface area contributed by atoms with Gasteiger partial charge in [0, 0.05) is 11.6 Å². The Balaban J connectivity index is 0.000000144. The molecule has 2 heterocycles. The molecule has 2 fully saturated rings. The number of H-pyrrole nitrogens is 2. The lowest BCUT2D eigenvalue weighted by molar-refractivity contribution is 0.182. The number of para-hydroxylation sites is 1. The van der Waals surface area contributed by atoms with Crippen LogP contribution in [-0.4, -0.2) is 17.1 Å². The Bertz CT molecular complexity index is 1010. The van der Waals surface area contributed by atoms with Gasteiger partial charge in [-0.05, 0) is 54.6 Å². The minimum Gasteiger partial charge on any atom is -0.495 e. The zero-order valence-electron chi connectivity index (χ0n) is 16.1. The van der Waals surface area contributed by atoms with E-state index >= 15 is 0 Å². The number of fused-ring (bicyclic) bond motifs is 5. The molecule has 0 amide bonds. The fourth-order valence-electron chi connectivity index (χ4n) is 5.42. The fourth-order valence-corrected chi connectivity index (χ4v) is 5.42. The van der Waals surface area contributed by atoms with Crippen LogP contribution >= 0.6 is 0 Å². The zero-order chi connectivity index (χ0) is 18.5. The Morgan fingerprint density at radius 1 is 1.19 bits per heavy atom. The van der Waals surface area contributed by atoms with Crippen molar-refractivity contribution in [3.8, 4) is 5.75 Å². The van der Waals surface area contributed by atoms with Crippen LogP contribution in [0.15, 0.2) is 35.3 Å². The maximum atomic E-state index is 11.7. The average Bonchev–Trinajstić information content (AvgIpc) is 3.22. The fraction of sp³-hybridized carbons (Fsp3) is 0.500. The van der Waals surface area contributed by atoms with Crippen LogP contribution in [-0.2, 0) is 0 Å². The van der Waals surface area contributed by atoms with Gasteiger partial charge in [-0.2, -0.15) is 0 Å². The number of methoxy groups -OCH3 is 1. The quantitative estimate of drug-likeness (QED) is 0.629. The first-order chi connectivity index (χ1) is 12.3. The molecule has 0 aliphatic heterocycles. The monoisotopic (exact) mass is 352 g/mol. The van der Waals surface area contributed by atoms with E-state index in [1.807, 2.05) is 24.3 Å². The average molecular weight is 352 g/mol. The molecule has 2 aliphatic rings. The zero-order valence-corrected chi connectivity index (χ0v) is 16.1. The third-order valence-corrected chi connectivity index (χ3v) is 6.56. The smallest absolute Gasteiger partial charge is 0.258 e. The summed E-state index contributed by atoms with van der Waals surface area (Å²) in [6.07, 6.45) is 7.63. The van der Waals surface area contributed by atoms with Crippen molar-refractivity contribution in [3.05, 3.63) is 40.8 Å². The number of hydrogen-bond donors (Lipinski definition) is 2. The molecular weight excluding hydrogens is 324 g/mol. The predicted molar refractivity (Wildman–Crippen MR) is 107 cm³/mol. The largest absolute Gasteiger partial charge is 0.495 e. The number of benzene rings is 1. The van der Waals surface area contributed by atoms with Gasteiger partial charge in [0.1, 0.15) is 5.75 Å². The van der Waals surface area contributed by atoms with Gasteiger partial charge in [0.15, 0.2) is 0 Å². The molecule has 5 rings (SSSR count). The SMILES string of the molecule is CC12CCC(C1)C(C)(C)C2.COc1cccc2c1[nH]c1cc[nH]c(=O)c12. The van der Waals surface area contributed by atoms with Gasteiger partial charge in [0.25, 0.3) is 5.56 Å². The first kappa shape index (κ1) is 17.2. The van der Waals surface area contributed by atoms with Crippen molar-refractivity contribution in [2.45, 2.75) is 46.5 Å². The highest BCUT2D eigenvalue weighted by Crippen LogP contribution is 2.62. The Morgan fingerprint density at radius 3 is 2.58 bits per heavy atom. The summed E-state index contributed by atoms with van der Waals surface area (Å²) in [5, 5.41) is 1.56. The van der Waals surface area contributed by atoms with Crippen molar-refractivity contribution < 1.29 is 4.74 Å². The summed E-state index contributed by atoms with van der Waals surface area (Å²) in [5.41, 5.74) is 3.01. The normalized spacial score (nSPS) is 26.1. The van der Waals surface area contributed by atoms with Gasteiger partial charge in [-0.1, -0.05) is 32.9 Å². The molecule has 2 saturated carbocycles. The van der Waals surface area contributed by atoms with Crippen molar-refractivity contribution in [2.75, 3.05) is 7.11 Å². The number of pyridine rings is 1. The molecule has 26 heavy (non-hydrogen) atoms. The Hall–Kier alpha value is -2.23. The van der Waals surface area contributed by atoms with E-state index in [0.29, 0.717) is 10.8 Å². The standard InChI is InChI=1S/C12H10N2O2.C10H18/c1-16-9-4-2-3-7-10-8(14-11(7)9)5-6-13-12(10)15;1-9(2)7-10(3)5-4-8(9)6-10/h2-6,14H,1H3,(H,13,15);8H,4-7H2,1-3H3. The lowest BCUT2D eigenvalue weighted by atomic mass is 9.73. The second-order valence-electron chi connectivity index (χ2n) is 9.02. The van der Waals surface area contributed by atoms with Crippen LogP contribution in [0.1, 0.15) is 46.5 Å². The minimum absolute atomic E-state index is 0.0861. The molecule has 2 bridgehead atoms. The third-order valence-electron chi connectivity index (χ3n) is 6.56. The van der Waals surface area contributed by atoms with Gasteiger partial charge in [0.05, 0.1) is 23.5 Å². The summed E-state index contributed by atoms with van der Waals surface area (Å²) < 4.78 is 5.25. The summed E-state index contributed by atoms with van der Waals surface area (Å²) in [7, 11) is 1.62. The first-order valence-electron chi connectivity index (χ1n) is 9.49. The number of ether oxygens (including phenoxy) is 1. The highest BCUT2D eigenvalue weighted by atomic mass is 16.5. The molecular formula is C22H28N2O2. The van der Waals surface area contributed by atoms with Gasteiger partial charge in [-0.15, -0.1) is 0 Å². The van der Waals surface area contributed by atoms with Crippen molar-refractivity contribution >= 4 is 21.8 Å². The van der Waals surface area contributed by atoms with E-state index in [1.54, 1.807) is 13.3 Å². The van der Waals surface area contributed by atoms with Crippen LogP contribution in [0.2, 0.25) is 0 Å². The van der Waals surface area contributed by atoms with E-state index in [0.717, 1.165) is 33.5 Å². The summed E-state index contributed by atoms with van der Waals surface area (Å²) in [6, 6.07) is 7.49. The maximum absolute atomic E-state index is 11.7. The maximum Gasteiger partial charge on any atom is 0.258 e. The van der Waals surface area contributed by atoms with Gasteiger partial charge >= 0.3 is 0 Å². The summed E-state index contributed by atoms with van der Waals surface area (Å²) >= 11 is 0. The van der Waals surface area contributed by atoms with Crippen molar-refractivity contribution in [1.82, 2.24) is 9.97 Å². The van der Waals surface area contributed by atoms with E-state index in [2.05, 4.69) is 30.7 Å². The molecule has 0 saturated heterocycles. The number of hydrogen-bond acceptors (Lipinski definition) is 2. The number of rotatable bonds is 1. The molecule has 0 radical (unpaired) electrons. The molecule has 3 aromatic rings. The van der Waals surface area contributed by atoms with Gasteiger partial charge in [-0.25, -0.2) is 0 Å². The molecule has 2 N–H and O–H groups in total. The molecule has 2 unspecified atom stereocenters. The number of aromatic amines is 2. The lowest BCUT2D eigenvalue weighted by Crippen LogP contribution is -2.22. The van der Waals surface area contributed by atoms with Crippen molar-refractivity contribution in [2.24, 2.45) is 16.7 Å². The van der Waals surface area contributed by atoms with Crippen LogP contribution < -0.4 is 10.3 Å². The highest BCUT2D eigenvalue weighted by Gasteiger charge is 2.51. The number of aromatic nitrogens is 2. The molecule has 2 aromatic heterocycles. The Labute approximate surface area is 154 Å². The Morgan fingerprint density at radius 2 is 2.00 bits per heavy atom. The van der Waals surface area contributed by atoms with E-state index in [4.69, 9.17) is 4.74 Å². The van der Waals surface area contributed by atoms with E-state index in [1.165, 1.54) is 25.7 Å². The third kappa shape index (κ3) is 2.72. The van der Waals surface area contributed by atoms with Crippen LogP contribution in [0.3, 0.4) is 0 Å². The summed E-state index contributed by atoms with van der Waals surface area (Å²) in [6.45, 7) is 7.37. The van der Waals surface area contributed by atoms with Crippen molar-refractivity contribution in [3.63, 3.8) is 0 Å². The summed E-state index contributed by atoms with van der Waals surface area (Å²) in [4.78, 5) is 17.6. The molecule has 4 heteroatoms. The summed E-state index contributed by atoms with van der Waals surface area (Å²) in [5.74, 6) is 1.80. The van der Waals surface area contributed by atoms with E-state index in [9.17, 15) is 4.79 Å². The van der Waals surface area contributed by atoms with Gasteiger partial charge in [-0.3, -0.25) is 4.79 Å². The highest BCUT2D eigenvalue weighted by molar-refractivity contribution is 6.08. The van der Waals surface area contributed by atoms with E-state index < -0.39 is 0 Å². The molecule has 4 nitrogen and oxygen atoms in total. The van der Waals surface area contributed by atoms with Crippen LogP contribution in [0.25, 0.3) is 21.8 Å². The first-order valence-corrected chi connectivity index (χ1v) is 9.49. The second kappa shape index (κ2) is 5.90. The topological polar surface area (TPSA) is 57.9 Å². The van der Waals surface area contributed by atoms with Crippen LogP contribution in [0.4, 0.5) is 0 Å². The lowest BCUT2D eigenvalue weighted by Gasteiger charge is -2.32. The van der Waals surface area contributed by atoms with Gasteiger partial charge in [0.2, 0.25) is 0 Å². The van der Waals surface area contributed by atoms with Crippen LogP contribution in [0, 0.1) is 16.7 Å². The second-order valence-corrected chi connectivity index (χ2v) is 9.02.